The molecule has 24 heavy (non-hydrogen) atoms. The third-order valence-electron chi connectivity index (χ3n) is 3.44. The first kappa shape index (κ1) is 18.4. The molecule has 0 spiro atoms. The summed E-state index contributed by atoms with van der Waals surface area (Å²) in [6.07, 6.45) is 2.39. The van der Waals surface area contributed by atoms with Crippen molar-refractivity contribution < 1.29 is 14.3 Å². The second-order valence-electron chi connectivity index (χ2n) is 6.09. The molecule has 1 aromatic heterocycles. The molecule has 0 aliphatic rings. The number of ether oxygens (including phenoxy) is 1. The Morgan fingerprint density at radius 3 is 2.71 bits per heavy atom. The molecular weight excluding hydrogens is 372 g/mol. The minimum Gasteiger partial charge on any atom is -0.464 e. The number of esters is 1. The smallest absolute Gasteiger partial charge is 0.327 e. The van der Waals surface area contributed by atoms with Crippen LogP contribution in [0.3, 0.4) is 0 Å². The number of rotatable bonds is 7. The number of aromatic nitrogens is 2. The summed E-state index contributed by atoms with van der Waals surface area (Å²) < 4.78 is 7.65. The number of ketones is 1. The normalized spacial score (nSPS) is 11.0. The van der Waals surface area contributed by atoms with Crippen LogP contribution in [-0.2, 0) is 22.5 Å². The van der Waals surface area contributed by atoms with Crippen LogP contribution in [0.5, 0.6) is 0 Å². The molecule has 0 aliphatic carbocycles. The number of allylic oxidation sites excluding steroid dienone is 1. The number of hydrogen-bond donors (Lipinski definition) is 0. The molecule has 0 aliphatic heterocycles. The van der Waals surface area contributed by atoms with Gasteiger partial charge >= 0.3 is 5.97 Å². The molecule has 0 fully saturated rings. The van der Waals surface area contributed by atoms with Crippen molar-refractivity contribution in [2.75, 3.05) is 6.61 Å². The van der Waals surface area contributed by atoms with E-state index in [4.69, 9.17) is 4.74 Å². The third kappa shape index (κ3) is 4.12. The minimum absolute atomic E-state index is 0.0255. The third-order valence-corrected chi connectivity index (χ3v) is 3.90. The summed E-state index contributed by atoms with van der Waals surface area (Å²) in [4.78, 5) is 24.0. The van der Waals surface area contributed by atoms with Gasteiger partial charge in [-0.05, 0) is 30.0 Å². The summed E-state index contributed by atoms with van der Waals surface area (Å²) in [5.74, 6) is -0.240. The molecule has 0 saturated heterocycles. The maximum Gasteiger partial charge on any atom is 0.327 e. The van der Waals surface area contributed by atoms with Crippen molar-refractivity contribution in [1.29, 1.82) is 0 Å². The summed E-state index contributed by atoms with van der Waals surface area (Å²) in [5.41, 5.74) is 2.07. The van der Waals surface area contributed by atoms with E-state index in [1.807, 2.05) is 26.0 Å². The molecule has 0 bridgehead atoms. The van der Waals surface area contributed by atoms with Crippen molar-refractivity contribution in [2.45, 2.75) is 33.7 Å². The zero-order valence-corrected chi connectivity index (χ0v) is 15.7. The summed E-state index contributed by atoms with van der Waals surface area (Å²) in [7, 11) is 0. The number of benzene rings is 1. The first-order valence-corrected chi connectivity index (χ1v) is 8.59. The van der Waals surface area contributed by atoms with E-state index in [0.717, 1.165) is 20.9 Å². The highest BCUT2D eigenvalue weighted by Gasteiger charge is 2.19. The molecule has 0 saturated carbocycles. The monoisotopic (exact) mass is 392 g/mol. The Kier molecular flexibility index (Phi) is 5.94. The van der Waals surface area contributed by atoms with Gasteiger partial charge in [-0.15, -0.1) is 6.58 Å². The molecule has 128 valence electrons. The zero-order chi connectivity index (χ0) is 17.9. The molecular formula is C18H21BrN2O3. The first-order chi connectivity index (χ1) is 11.3. The number of nitrogens with zero attached hydrogens (tertiary/aromatic N) is 2. The summed E-state index contributed by atoms with van der Waals surface area (Å²) in [5, 5.41) is 5.08. The van der Waals surface area contributed by atoms with E-state index in [-0.39, 0.29) is 24.2 Å². The Labute approximate surface area is 149 Å². The lowest BCUT2D eigenvalue weighted by Crippen LogP contribution is -2.17. The number of carbonyl (C=O) groups is 2. The molecule has 0 atom stereocenters. The Balaban J connectivity index is 2.50. The lowest BCUT2D eigenvalue weighted by atomic mass is 10.1. The molecule has 0 amide bonds. The van der Waals surface area contributed by atoms with Crippen LogP contribution >= 0.6 is 15.9 Å². The molecule has 2 aromatic rings. The Morgan fingerprint density at radius 2 is 2.12 bits per heavy atom. The second kappa shape index (κ2) is 7.75. The number of carbonyl (C=O) groups excluding carboxylic acids is 2. The molecule has 0 unspecified atom stereocenters. The lowest BCUT2D eigenvalue weighted by molar-refractivity contribution is -0.145. The van der Waals surface area contributed by atoms with Crippen molar-refractivity contribution in [3.8, 4) is 0 Å². The van der Waals surface area contributed by atoms with Crippen LogP contribution in [0, 0.1) is 5.92 Å². The van der Waals surface area contributed by atoms with Gasteiger partial charge in [-0.3, -0.25) is 14.3 Å². The fraction of sp³-hybridized carbons (Fsp3) is 0.389. The van der Waals surface area contributed by atoms with Crippen molar-refractivity contribution in [2.24, 2.45) is 5.92 Å². The van der Waals surface area contributed by atoms with E-state index < -0.39 is 0 Å². The van der Waals surface area contributed by atoms with Gasteiger partial charge in [-0.25, -0.2) is 0 Å². The maximum atomic E-state index is 12.1. The highest BCUT2D eigenvalue weighted by Crippen LogP contribution is 2.28. The van der Waals surface area contributed by atoms with Crippen molar-refractivity contribution in [3.63, 3.8) is 0 Å². The van der Waals surface area contributed by atoms with E-state index >= 15 is 0 Å². The molecule has 1 aromatic carbocycles. The van der Waals surface area contributed by atoms with Crippen molar-refractivity contribution in [3.05, 3.63) is 40.5 Å². The van der Waals surface area contributed by atoms with Crippen molar-refractivity contribution >= 4 is 38.6 Å². The summed E-state index contributed by atoms with van der Waals surface area (Å²) in [6.45, 7) is 9.53. The average Bonchev–Trinajstić information content (AvgIpc) is 2.84. The zero-order valence-electron chi connectivity index (χ0n) is 14.1. The summed E-state index contributed by atoms with van der Waals surface area (Å²) >= 11 is 3.46. The van der Waals surface area contributed by atoms with Gasteiger partial charge in [0.25, 0.3) is 0 Å². The summed E-state index contributed by atoms with van der Waals surface area (Å²) in [6, 6.07) is 3.80. The van der Waals surface area contributed by atoms with E-state index in [1.54, 1.807) is 10.8 Å². The fourth-order valence-corrected chi connectivity index (χ4v) is 2.98. The van der Waals surface area contributed by atoms with E-state index in [0.29, 0.717) is 18.7 Å². The van der Waals surface area contributed by atoms with Crippen molar-refractivity contribution in [1.82, 2.24) is 9.78 Å². The average molecular weight is 393 g/mol. The fourth-order valence-electron chi connectivity index (χ4n) is 2.48. The van der Waals surface area contributed by atoms with E-state index in [2.05, 4.69) is 27.6 Å². The SMILES string of the molecule is C=CCc1cc(Br)cc2c(C(C)=O)nn(CC(=O)OCC(C)C)c12. The van der Waals surface area contributed by atoms with Gasteiger partial charge in [0, 0.05) is 16.8 Å². The molecule has 5 nitrogen and oxygen atoms in total. The lowest BCUT2D eigenvalue weighted by Gasteiger charge is -2.09. The number of hydrogen-bond acceptors (Lipinski definition) is 4. The number of halogens is 1. The minimum atomic E-state index is -0.365. The van der Waals surface area contributed by atoms with Crippen LogP contribution in [0.15, 0.2) is 29.3 Å². The standard InChI is InChI=1S/C18H21BrN2O3/c1-5-6-13-7-14(19)8-15-17(12(4)22)20-21(18(13)15)9-16(23)24-10-11(2)3/h5,7-8,11H,1,6,9-10H2,2-4H3. The predicted octanol–water partition coefficient (Wildman–Crippen LogP) is 3.93. The van der Waals surface area contributed by atoms with Crippen LogP contribution < -0.4 is 0 Å². The van der Waals surface area contributed by atoms with Gasteiger partial charge in [0.1, 0.15) is 12.2 Å². The van der Waals surface area contributed by atoms with Gasteiger partial charge in [-0.1, -0.05) is 35.9 Å². The van der Waals surface area contributed by atoms with Crippen LogP contribution in [-0.4, -0.2) is 28.1 Å². The van der Waals surface area contributed by atoms with Crippen LogP contribution in [0.25, 0.3) is 10.9 Å². The Bertz CT molecular complexity index is 793. The second-order valence-corrected chi connectivity index (χ2v) is 7.01. The van der Waals surface area contributed by atoms with Crippen LogP contribution in [0.2, 0.25) is 0 Å². The molecule has 0 N–H and O–H groups in total. The van der Waals surface area contributed by atoms with E-state index in [1.165, 1.54) is 6.92 Å². The molecule has 2 rings (SSSR count). The topological polar surface area (TPSA) is 61.2 Å². The Hall–Kier alpha value is -1.95. The highest BCUT2D eigenvalue weighted by molar-refractivity contribution is 9.10. The van der Waals surface area contributed by atoms with Gasteiger partial charge < -0.3 is 4.74 Å². The van der Waals surface area contributed by atoms with Gasteiger partial charge in [0.15, 0.2) is 5.78 Å². The largest absolute Gasteiger partial charge is 0.464 e. The van der Waals surface area contributed by atoms with Crippen LogP contribution in [0.1, 0.15) is 36.8 Å². The maximum absolute atomic E-state index is 12.1. The van der Waals surface area contributed by atoms with E-state index in [9.17, 15) is 9.59 Å². The van der Waals surface area contributed by atoms with Crippen LogP contribution in [0.4, 0.5) is 0 Å². The molecule has 1 heterocycles. The van der Waals surface area contributed by atoms with Gasteiger partial charge in [-0.2, -0.15) is 5.10 Å². The Morgan fingerprint density at radius 1 is 1.42 bits per heavy atom. The molecule has 0 radical (unpaired) electrons. The van der Waals surface area contributed by atoms with Gasteiger partial charge in [0.05, 0.1) is 12.1 Å². The highest BCUT2D eigenvalue weighted by atomic mass is 79.9. The predicted molar refractivity (Wildman–Crippen MR) is 97.1 cm³/mol. The number of fused-ring (bicyclic) bond motifs is 1. The first-order valence-electron chi connectivity index (χ1n) is 7.79. The number of Topliss-reactive ketones (excluding diaryl/α,β-unsaturated/α-hetero) is 1. The van der Waals surface area contributed by atoms with Gasteiger partial charge in [0.2, 0.25) is 0 Å². The molecule has 6 heteroatoms. The quantitative estimate of drug-likeness (QED) is 0.406.